The van der Waals surface area contributed by atoms with E-state index in [0.29, 0.717) is 158 Å². The Balaban J connectivity index is 0.912. The molecule has 16 nitrogen and oxygen atoms in total. The molecule has 0 radical (unpaired) electrons. The molecule has 0 heterocycles. The highest BCUT2D eigenvalue weighted by Gasteiger charge is 2.41. The van der Waals surface area contributed by atoms with Crippen LogP contribution in [0.1, 0.15) is 169 Å². The molecule has 0 atom stereocenters. The van der Waals surface area contributed by atoms with Gasteiger partial charge in [-0.05, 0) is 161 Å². The van der Waals surface area contributed by atoms with E-state index in [9.17, 15) is 0 Å². The lowest BCUT2D eigenvalue weighted by Gasteiger charge is -2.30. The fourth-order valence-corrected chi connectivity index (χ4v) is 20.9. The topological polar surface area (TPSA) is 148 Å². The maximum atomic E-state index is 7.71. The van der Waals surface area contributed by atoms with Crippen molar-refractivity contribution in [1.82, 2.24) is 0 Å². The molecule has 18 aromatic carbocycles. The molecule has 0 saturated heterocycles. The lowest BCUT2D eigenvalue weighted by Crippen LogP contribution is -2.09. The average molecular weight is 1980 g/mol. The van der Waals surface area contributed by atoms with E-state index in [1.165, 1.54) is 0 Å². The second-order valence-electron chi connectivity index (χ2n) is 37.7. The van der Waals surface area contributed by atoms with Crippen molar-refractivity contribution >= 4 is 86.2 Å². The van der Waals surface area contributed by atoms with Crippen molar-refractivity contribution in [2.75, 3.05) is 95.5 Å². The van der Waals surface area contributed by atoms with Gasteiger partial charge in [0.25, 0.3) is 0 Å². The van der Waals surface area contributed by atoms with Gasteiger partial charge in [0.2, 0.25) is 0 Å². The van der Waals surface area contributed by atoms with Crippen LogP contribution in [0.25, 0.3) is 164 Å². The lowest BCUT2D eigenvalue weighted by molar-refractivity contribution is 0.260. The molecule has 18 rings (SSSR count). The molecule has 16 heteroatoms. The molecular formula is C132H138O16. The first kappa shape index (κ1) is 103. The first-order valence-electron chi connectivity index (χ1n) is 53.3. The van der Waals surface area contributed by atoms with Crippen LogP contribution in [-0.4, -0.2) is 95.5 Å². The van der Waals surface area contributed by atoms with E-state index < -0.39 is 0 Å². The summed E-state index contributed by atoms with van der Waals surface area (Å²) in [4.78, 5) is 0. The number of benzene rings is 18. The smallest absolute Gasteiger partial charge is 0.170 e. The molecule has 0 saturated carbocycles. The molecule has 0 aliphatic carbocycles. The normalized spacial score (nSPS) is 11.5. The summed E-state index contributed by atoms with van der Waals surface area (Å²) < 4.78 is 118. The lowest BCUT2D eigenvalue weighted by atomic mass is 9.81. The summed E-state index contributed by atoms with van der Waals surface area (Å²) in [5, 5.41) is 14.2. The first-order valence-corrected chi connectivity index (χ1v) is 53.3. The van der Waals surface area contributed by atoms with E-state index in [0.717, 1.165) is 278 Å². The van der Waals surface area contributed by atoms with Crippen molar-refractivity contribution in [2.45, 2.75) is 171 Å². The van der Waals surface area contributed by atoms with Gasteiger partial charge in [0, 0.05) is 77.9 Å². The van der Waals surface area contributed by atoms with Crippen molar-refractivity contribution in [1.29, 1.82) is 0 Å². The van der Waals surface area contributed by atoms with Crippen LogP contribution in [0, 0.1) is 0 Å². The van der Waals surface area contributed by atoms with E-state index in [-0.39, 0.29) is 0 Å². The summed E-state index contributed by atoms with van der Waals surface area (Å²) in [6.07, 6.45) is 13.1. The Kier molecular flexibility index (Phi) is 34.0. The van der Waals surface area contributed by atoms with Gasteiger partial charge in [0.05, 0.1) is 95.5 Å². The highest BCUT2D eigenvalue weighted by atomic mass is 16.6. The number of unbranched alkanes of at least 4 members (excludes halogenated alkanes) is 8. The third kappa shape index (κ3) is 20.2. The zero-order valence-corrected chi connectivity index (χ0v) is 88.3. The largest absolute Gasteiger partial charge is 0.492 e. The highest BCUT2D eigenvalue weighted by Crippen LogP contribution is 2.68. The van der Waals surface area contributed by atoms with Crippen LogP contribution in [0.2, 0.25) is 0 Å². The van der Waals surface area contributed by atoms with Gasteiger partial charge < -0.3 is 75.8 Å². The maximum Gasteiger partial charge on any atom is 0.170 e. The monoisotopic (exact) mass is 1980 g/mol. The molecule has 0 N–H and O–H groups in total. The molecule has 148 heavy (non-hydrogen) atoms. The highest BCUT2D eigenvalue weighted by molar-refractivity contribution is 6.28. The van der Waals surface area contributed by atoms with Gasteiger partial charge in [-0.15, -0.1) is 0 Å². The maximum absolute atomic E-state index is 7.71. The number of ether oxygens (including phenoxy) is 16. The average Bonchev–Trinajstić information content (AvgIpc) is 0.701. The Bertz CT molecular complexity index is 7290. The number of rotatable bonds is 51. The number of methoxy groups -OCH3 is 6. The Morgan fingerprint density at radius 1 is 0.149 bits per heavy atom. The SMILES string of the molecule is CCCCOc1c(OCc2ccccc2)cc2ccccc2c1-c1c(OCCCC)c(OC)c(-c2c(OC)c(OCCCC)c(-c3c(OCCCC)c(OC)c(-c4c(OC)c(OCCCC)c(-c5c(OCCCC)c(OC)c(-c6c(OC)c(OCCCC)c(-c7c(OCCCC)c(OCc8ccccc8)cc8ccccc78)c7ccccc67)c6ccccc56)c5ccccc45)c4ccccc34)c3ccccc23)c2ccccc12. The predicted octanol–water partition coefficient (Wildman–Crippen LogP) is 35.2. The van der Waals surface area contributed by atoms with Crippen molar-refractivity contribution < 1.29 is 75.8 Å². The van der Waals surface area contributed by atoms with E-state index in [1.54, 1.807) is 42.7 Å². The van der Waals surface area contributed by atoms with Crippen molar-refractivity contribution in [2.24, 2.45) is 0 Å². The zero-order valence-electron chi connectivity index (χ0n) is 88.3. The third-order valence-electron chi connectivity index (χ3n) is 28.1. The molecule has 0 aromatic heterocycles. The van der Waals surface area contributed by atoms with Gasteiger partial charge >= 0.3 is 0 Å². The van der Waals surface area contributed by atoms with Crippen molar-refractivity contribution in [3.63, 3.8) is 0 Å². The summed E-state index contributed by atoms with van der Waals surface area (Å²) >= 11 is 0. The van der Waals surface area contributed by atoms with Crippen LogP contribution in [0.3, 0.4) is 0 Å². The van der Waals surface area contributed by atoms with Gasteiger partial charge in [0.1, 0.15) is 13.2 Å². The number of fused-ring (bicyclic) bond motifs is 8. The van der Waals surface area contributed by atoms with Crippen LogP contribution in [0.5, 0.6) is 92.0 Å². The Morgan fingerprint density at radius 3 is 0.473 bits per heavy atom. The molecule has 0 amide bonds. The molecule has 0 spiro atoms. The Hall–Kier alpha value is -15.2. The van der Waals surface area contributed by atoms with Crippen LogP contribution in [0.4, 0.5) is 0 Å². The molecule has 18 aromatic rings. The molecule has 0 bridgehead atoms. The number of hydrogen-bond acceptors (Lipinski definition) is 16. The second kappa shape index (κ2) is 48.9. The molecule has 762 valence electrons. The van der Waals surface area contributed by atoms with Crippen LogP contribution < -0.4 is 75.8 Å². The minimum atomic E-state index is 0.320. The minimum absolute atomic E-state index is 0.320. The predicted molar refractivity (Wildman–Crippen MR) is 609 cm³/mol. The van der Waals surface area contributed by atoms with Gasteiger partial charge in [-0.1, -0.05) is 362 Å². The zero-order chi connectivity index (χ0) is 103. The van der Waals surface area contributed by atoms with E-state index in [2.05, 4.69) is 286 Å². The fourth-order valence-electron chi connectivity index (χ4n) is 20.9. The first-order chi connectivity index (χ1) is 73.0. The van der Waals surface area contributed by atoms with Crippen molar-refractivity contribution in [3.05, 3.63) is 278 Å². The van der Waals surface area contributed by atoms with Crippen LogP contribution in [-0.2, 0) is 13.2 Å². The summed E-state index contributed by atoms with van der Waals surface area (Å²) in [6.45, 7) is 21.1. The van der Waals surface area contributed by atoms with Gasteiger partial charge in [0.15, 0.2) is 92.0 Å². The molecule has 0 fully saturated rings. The van der Waals surface area contributed by atoms with Gasteiger partial charge in [-0.2, -0.15) is 0 Å². The summed E-state index contributed by atoms with van der Waals surface area (Å²) in [6, 6.07) is 93.3. The van der Waals surface area contributed by atoms with Gasteiger partial charge in [-0.25, -0.2) is 0 Å². The second-order valence-corrected chi connectivity index (χ2v) is 37.7. The van der Waals surface area contributed by atoms with E-state index >= 15 is 0 Å². The van der Waals surface area contributed by atoms with Gasteiger partial charge in [-0.3, -0.25) is 0 Å². The molecular weight excluding hydrogens is 1840 g/mol. The summed E-state index contributed by atoms with van der Waals surface area (Å²) in [5.74, 6) is 8.50. The van der Waals surface area contributed by atoms with E-state index in [1.807, 2.05) is 36.4 Å². The third-order valence-corrected chi connectivity index (χ3v) is 28.1. The van der Waals surface area contributed by atoms with Crippen molar-refractivity contribution in [3.8, 4) is 170 Å². The molecule has 0 aliphatic heterocycles. The standard InChI is InChI=1S/C132H138O16/c1-15-23-73-139-119-103(147-83-85-53-33-31-34-54-85)81-87-57-37-39-59-89(87)105(119)113-97-67-47-41-61-91(97)107(121(133-9)127(113)141-75-25-17-3)109-93-63-43-49-69-99(93)115(129(123(109)135-11)143-77-27-19-5)117-101-71-51-45-65-95(101)111(125(137-13)131(117)145-79-29-21-7)112-96-66-46-52-72-102(96)118(132(126(112)138-14)146-80-30-22-8)116-100-70-50-44-64-94(100)110(124(136-12)130(116)144-78-28-20-6)108-92-62-42-48-68-98(92)114(128(122(108)134-10)142-76-26-18-4)106-90-60-40-38-58-88(90)82-104(120(106)140-74-24-16-2)148-84-86-55-35-32-36-56-86/h31-72,81-82H,15-30,73-80,83-84H2,1-14H3. The Morgan fingerprint density at radius 2 is 0.297 bits per heavy atom. The minimum Gasteiger partial charge on any atom is -0.492 e. The summed E-state index contributed by atoms with van der Waals surface area (Å²) in [7, 11) is 10.5. The quantitative estimate of drug-likeness (QED) is 0.0333. The molecule has 0 unspecified atom stereocenters. The number of hydrogen-bond donors (Lipinski definition) is 0. The van der Waals surface area contributed by atoms with Crippen LogP contribution in [0.15, 0.2) is 267 Å². The fraction of sp³-hybridized carbons (Fsp3) is 0.303. The Labute approximate surface area is 871 Å². The summed E-state index contributed by atoms with van der Waals surface area (Å²) in [5.41, 5.74) is 12.8. The van der Waals surface area contributed by atoms with E-state index in [4.69, 9.17) is 75.8 Å². The molecule has 0 aliphatic rings. The van der Waals surface area contributed by atoms with Crippen LogP contribution >= 0.6 is 0 Å².